The number of nitrogens with zero attached hydrogens (tertiary/aromatic N) is 1. The van der Waals surface area contributed by atoms with E-state index in [0.29, 0.717) is 12.8 Å². The molecule has 0 radical (unpaired) electrons. The first kappa shape index (κ1) is 11.7. The summed E-state index contributed by atoms with van der Waals surface area (Å²) < 4.78 is 14.4. The summed E-state index contributed by atoms with van der Waals surface area (Å²) in [6, 6.07) is 0. The van der Waals surface area contributed by atoms with Gasteiger partial charge < -0.3 is 9.42 Å². The number of phosphoric acid groups is 1. The Morgan fingerprint density at radius 2 is 1.93 bits per heavy atom. The number of piperidine rings is 1. The van der Waals surface area contributed by atoms with Gasteiger partial charge in [-0.1, -0.05) is 0 Å². The Bertz CT molecular complexity index is 255. The molecule has 0 bridgehead atoms. The Balaban J connectivity index is 2.42. The van der Waals surface area contributed by atoms with Gasteiger partial charge in [0.1, 0.15) is 0 Å². The maximum absolute atomic E-state index is 11.2. The number of rotatable bonds is 2. The molecule has 1 aliphatic rings. The van der Waals surface area contributed by atoms with Crippen molar-refractivity contribution >= 4 is 13.8 Å². The van der Waals surface area contributed by atoms with Crippen molar-refractivity contribution in [3.8, 4) is 0 Å². The lowest BCUT2D eigenvalue weighted by molar-refractivity contribution is -0.141. The van der Waals surface area contributed by atoms with E-state index in [9.17, 15) is 9.36 Å². The Kier molecular flexibility index (Phi) is 3.66. The normalized spacial score (nSPS) is 20.8. The van der Waals surface area contributed by atoms with Crippen molar-refractivity contribution in [2.45, 2.75) is 12.8 Å². The molecule has 1 rings (SSSR count). The Hall–Kier alpha value is -0.420. The standard InChI is InChI=1S/C7H14NO5P/c1-8-4-2-6(3-5-8)7(9)13-14(10,11)12/h6H,2-5H2,1H3,(H2,10,11,12). The van der Waals surface area contributed by atoms with Crippen LogP contribution in [0.15, 0.2) is 0 Å². The van der Waals surface area contributed by atoms with Gasteiger partial charge in [-0.3, -0.25) is 14.6 Å². The minimum atomic E-state index is -4.67. The first-order valence-electron chi connectivity index (χ1n) is 4.36. The Morgan fingerprint density at radius 3 is 2.36 bits per heavy atom. The van der Waals surface area contributed by atoms with Crippen LogP contribution in [0.5, 0.6) is 0 Å². The van der Waals surface area contributed by atoms with E-state index < -0.39 is 13.8 Å². The molecule has 14 heavy (non-hydrogen) atoms. The van der Waals surface area contributed by atoms with E-state index in [1.54, 1.807) is 0 Å². The summed E-state index contributed by atoms with van der Waals surface area (Å²) in [4.78, 5) is 30.1. The Labute approximate surface area is 82.1 Å². The Morgan fingerprint density at radius 1 is 1.43 bits per heavy atom. The molecule has 0 spiro atoms. The molecule has 0 unspecified atom stereocenters. The van der Waals surface area contributed by atoms with Crippen molar-refractivity contribution in [1.82, 2.24) is 4.90 Å². The molecule has 0 atom stereocenters. The molecule has 1 heterocycles. The largest absolute Gasteiger partial charge is 0.526 e. The van der Waals surface area contributed by atoms with E-state index in [0.717, 1.165) is 13.1 Å². The highest BCUT2D eigenvalue weighted by atomic mass is 31.2. The van der Waals surface area contributed by atoms with Gasteiger partial charge in [0, 0.05) is 0 Å². The van der Waals surface area contributed by atoms with E-state index in [1.165, 1.54) is 0 Å². The van der Waals surface area contributed by atoms with E-state index >= 15 is 0 Å². The summed E-state index contributed by atoms with van der Waals surface area (Å²) in [6.45, 7) is 1.50. The summed E-state index contributed by atoms with van der Waals surface area (Å²) in [5.41, 5.74) is 0. The van der Waals surface area contributed by atoms with Crippen LogP contribution in [0, 0.1) is 5.92 Å². The fraction of sp³-hybridized carbons (Fsp3) is 0.857. The van der Waals surface area contributed by atoms with Gasteiger partial charge in [-0.15, -0.1) is 0 Å². The molecule has 7 heteroatoms. The lowest BCUT2D eigenvalue weighted by Crippen LogP contribution is -2.34. The van der Waals surface area contributed by atoms with E-state index in [2.05, 4.69) is 9.42 Å². The number of phosphoric ester groups is 1. The fourth-order valence-electron chi connectivity index (χ4n) is 1.44. The molecule has 0 aromatic heterocycles. The maximum atomic E-state index is 11.2. The van der Waals surface area contributed by atoms with Crippen molar-refractivity contribution in [1.29, 1.82) is 0 Å². The van der Waals surface area contributed by atoms with Gasteiger partial charge in [0.15, 0.2) is 0 Å². The van der Waals surface area contributed by atoms with Crippen molar-refractivity contribution in [2.75, 3.05) is 20.1 Å². The van der Waals surface area contributed by atoms with Gasteiger partial charge in [-0.25, -0.2) is 4.57 Å². The van der Waals surface area contributed by atoms with Crippen LogP contribution in [-0.4, -0.2) is 40.8 Å². The van der Waals surface area contributed by atoms with E-state index in [4.69, 9.17) is 9.79 Å². The van der Waals surface area contributed by atoms with Gasteiger partial charge in [-0.2, -0.15) is 0 Å². The lowest BCUT2D eigenvalue weighted by atomic mass is 9.98. The molecule has 0 saturated carbocycles. The van der Waals surface area contributed by atoms with Crippen LogP contribution in [0.2, 0.25) is 0 Å². The third-order valence-electron chi connectivity index (χ3n) is 2.26. The minimum absolute atomic E-state index is 0.376. The average Bonchev–Trinajstić information content (AvgIpc) is 2.02. The smallest absolute Gasteiger partial charge is 0.370 e. The monoisotopic (exact) mass is 223 g/mol. The van der Waals surface area contributed by atoms with E-state index in [-0.39, 0.29) is 5.92 Å². The second-order valence-corrected chi connectivity index (χ2v) is 4.64. The van der Waals surface area contributed by atoms with Crippen LogP contribution in [0.4, 0.5) is 0 Å². The summed E-state index contributed by atoms with van der Waals surface area (Å²) >= 11 is 0. The first-order valence-corrected chi connectivity index (χ1v) is 5.89. The van der Waals surface area contributed by atoms with Gasteiger partial charge >= 0.3 is 13.8 Å². The molecule has 0 aromatic carbocycles. The number of carbonyl (C=O) groups is 1. The van der Waals surface area contributed by atoms with Crippen LogP contribution in [0.25, 0.3) is 0 Å². The quantitative estimate of drug-likeness (QED) is 0.639. The zero-order valence-electron chi connectivity index (χ0n) is 7.92. The molecule has 1 saturated heterocycles. The zero-order chi connectivity index (χ0) is 10.8. The molecule has 0 amide bonds. The van der Waals surface area contributed by atoms with Crippen molar-refractivity contribution in [3.05, 3.63) is 0 Å². The molecule has 1 fully saturated rings. The van der Waals surface area contributed by atoms with Crippen LogP contribution < -0.4 is 0 Å². The summed E-state index contributed by atoms with van der Waals surface area (Å²) in [7, 11) is -2.73. The van der Waals surface area contributed by atoms with Crippen LogP contribution in [0.1, 0.15) is 12.8 Å². The highest BCUT2D eigenvalue weighted by Crippen LogP contribution is 2.37. The molecule has 2 N–H and O–H groups in total. The van der Waals surface area contributed by atoms with Gasteiger partial charge in [0.25, 0.3) is 0 Å². The average molecular weight is 223 g/mol. The van der Waals surface area contributed by atoms with Crippen molar-refractivity contribution < 1.29 is 23.7 Å². The number of likely N-dealkylation sites (tertiary alicyclic amines) is 1. The topological polar surface area (TPSA) is 87.1 Å². The molecule has 1 aliphatic heterocycles. The van der Waals surface area contributed by atoms with Gasteiger partial charge in [0.2, 0.25) is 0 Å². The number of hydrogen-bond acceptors (Lipinski definition) is 4. The zero-order valence-corrected chi connectivity index (χ0v) is 8.81. The summed E-state index contributed by atoms with van der Waals surface area (Å²) in [6.07, 6.45) is 1.19. The highest BCUT2D eigenvalue weighted by Gasteiger charge is 2.29. The predicted molar refractivity (Wildman–Crippen MR) is 48.4 cm³/mol. The van der Waals surface area contributed by atoms with Gasteiger partial charge in [0.05, 0.1) is 5.92 Å². The summed E-state index contributed by atoms with van der Waals surface area (Å²) in [5.74, 6) is -1.16. The second-order valence-electron chi connectivity index (χ2n) is 3.48. The minimum Gasteiger partial charge on any atom is -0.370 e. The highest BCUT2D eigenvalue weighted by molar-refractivity contribution is 7.46. The lowest BCUT2D eigenvalue weighted by Gasteiger charge is -2.27. The number of carbonyl (C=O) groups excluding carboxylic acids is 1. The third-order valence-corrected chi connectivity index (χ3v) is 2.68. The fourth-order valence-corrected chi connectivity index (χ4v) is 1.82. The van der Waals surface area contributed by atoms with E-state index in [1.807, 2.05) is 7.05 Å². The first-order chi connectivity index (χ1) is 6.38. The second kappa shape index (κ2) is 4.40. The maximum Gasteiger partial charge on any atom is 0.526 e. The predicted octanol–water partition coefficient (Wildman–Crippen LogP) is -0.0359. The summed E-state index contributed by atoms with van der Waals surface area (Å²) in [5, 5.41) is 0. The van der Waals surface area contributed by atoms with Crippen LogP contribution >= 0.6 is 7.82 Å². The number of hydrogen-bond donors (Lipinski definition) is 2. The molecular weight excluding hydrogens is 209 g/mol. The van der Waals surface area contributed by atoms with Crippen LogP contribution in [-0.2, 0) is 13.9 Å². The molecule has 6 nitrogen and oxygen atoms in total. The molecular formula is C7H14NO5P. The molecule has 0 aliphatic carbocycles. The van der Waals surface area contributed by atoms with Crippen LogP contribution in [0.3, 0.4) is 0 Å². The van der Waals surface area contributed by atoms with Crippen molar-refractivity contribution in [2.24, 2.45) is 5.92 Å². The van der Waals surface area contributed by atoms with Gasteiger partial charge in [-0.05, 0) is 33.0 Å². The molecule has 82 valence electrons. The third kappa shape index (κ3) is 3.75. The molecule has 0 aromatic rings. The van der Waals surface area contributed by atoms with Crippen molar-refractivity contribution in [3.63, 3.8) is 0 Å². The SMILES string of the molecule is CN1CCC(C(=O)OP(=O)(O)O)CC1.